The molecule has 0 fully saturated rings. The Morgan fingerprint density at radius 2 is 1.62 bits per heavy atom. The lowest BCUT2D eigenvalue weighted by Gasteiger charge is -2.10. The molecule has 26 heavy (non-hydrogen) atoms. The molecule has 2 rings (SSSR count). The number of hydrogen-bond acceptors (Lipinski definition) is 3. The summed E-state index contributed by atoms with van der Waals surface area (Å²) < 4.78 is 0. The molecule has 138 valence electrons. The number of rotatable bonds is 8. The maximum absolute atomic E-state index is 11.9. The zero-order valence-corrected chi connectivity index (χ0v) is 15.8. The summed E-state index contributed by atoms with van der Waals surface area (Å²) in [7, 11) is 0. The Balaban J connectivity index is 1.76. The van der Waals surface area contributed by atoms with Crippen molar-refractivity contribution in [3.8, 4) is 0 Å². The predicted molar refractivity (Wildman–Crippen MR) is 106 cm³/mol. The molecule has 0 saturated carbocycles. The Hall–Kier alpha value is -2.53. The van der Waals surface area contributed by atoms with Crippen molar-refractivity contribution in [3.05, 3.63) is 59.1 Å². The minimum atomic E-state index is -0.126. The van der Waals surface area contributed by atoms with Crippen LogP contribution in [0.4, 0.5) is 11.4 Å². The fourth-order valence-corrected chi connectivity index (χ4v) is 2.54. The van der Waals surface area contributed by atoms with E-state index >= 15 is 0 Å². The number of carbonyl (C=O) groups is 2. The van der Waals surface area contributed by atoms with Gasteiger partial charge in [-0.25, -0.2) is 0 Å². The van der Waals surface area contributed by atoms with Crippen LogP contribution >= 0.6 is 11.6 Å². The van der Waals surface area contributed by atoms with E-state index in [0.717, 1.165) is 16.9 Å². The van der Waals surface area contributed by atoms with E-state index in [1.54, 1.807) is 6.07 Å². The molecular formula is C20H24ClN3O2. The van der Waals surface area contributed by atoms with Gasteiger partial charge in [-0.2, -0.15) is 0 Å². The molecule has 2 aromatic carbocycles. The SMILES string of the molecule is CC(C)CC(=O)Nc1ccc(NCC(=O)NCc2ccccc2Cl)cc1. The highest BCUT2D eigenvalue weighted by Gasteiger charge is 2.06. The van der Waals surface area contributed by atoms with Crippen LogP contribution in [0.2, 0.25) is 5.02 Å². The normalized spacial score (nSPS) is 10.5. The molecular weight excluding hydrogens is 350 g/mol. The summed E-state index contributed by atoms with van der Waals surface area (Å²) in [6.45, 7) is 4.55. The zero-order chi connectivity index (χ0) is 18.9. The van der Waals surface area contributed by atoms with E-state index < -0.39 is 0 Å². The highest BCUT2D eigenvalue weighted by molar-refractivity contribution is 6.31. The first-order valence-electron chi connectivity index (χ1n) is 8.58. The second-order valence-electron chi connectivity index (χ2n) is 6.45. The fraction of sp³-hybridized carbons (Fsp3) is 0.300. The van der Waals surface area contributed by atoms with Gasteiger partial charge in [0, 0.05) is 29.4 Å². The molecule has 0 aliphatic heterocycles. The third kappa shape index (κ3) is 6.76. The summed E-state index contributed by atoms with van der Waals surface area (Å²) in [5.41, 5.74) is 2.42. The molecule has 0 saturated heterocycles. The Bertz CT molecular complexity index is 745. The molecule has 0 unspecified atom stereocenters. The summed E-state index contributed by atoms with van der Waals surface area (Å²) in [6, 6.07) is 14.7. The van der Waals surface area contributed by atoms with E-state index in [0.29, 0.717) is 23.9 Å². The largest absolute Gasteiger partial charge is 0.376 e. The van der Waals surface area contributed by atoms with Gasteiger partial charge in [0.15, 0.2) is 0 Å². The first-order chi connectivity index (χ1) is 12.4. The maximum Gasteiger partial charge on any atom is 0.239 e. The number of carbonyl (C=O) groups excluding carboxylic acids is 2. The molecule has 0 aromatic heterocycles. The lowest BCUT2D eigenvalue weighted by molar-refractivity contribution is -0.119. The Morgan fingerprint density at radius 3 is 2.27 bits per heavy atom. The molecule has 2 amide bonds. The first-order valence-corrected chi connectivity index (χ1v) is 8.95. The monoisotopic (exact) mass is 373 g/mol. The molecule has 0 aliphatic rings. The highest BCUT2D eigenvalue weighted by atomic mass is 35.5. The lowest BCUT2D eigenvalue weighted by Crippen LogP contribution is -2.29. The first kappa shape index (κ1) is 19.8. The average molecular weight is 374 g/mol. The standard InChI is InChI=1S/C20H24ClN3O2/c1-14(2)11-19(25)24-17-9-7-16(8-10-17)22-13-20(26)23-12-15-5-3-4-6-18(15)21/h3-10,14,22H,11-13H2,1-2H3,(H,23,26)(H,24,25). The van der Waals surface area contributed by atoms with Gasteiger partial charge in [-0.05, 0) is 41.8 Å². The van der Waals surface area contributed by atoms with E-state index in [1.807, 2.05) is 56.3 Å². The topological polar surface area (TPSA) is 70.2 Å². The highest BCUT2D eigenvalue weighted by Crippen LogP contribution is 2.15. The number of nitrogens with one attached hydrogen (secondary N) is 3. The number of amides is 2. The summed E-state index contributed by atoms with van der Waals surface area (Å²) in [4.78, 5) is 23.7. The fourth-order valence-electron chi connectivity index (χ4n) is 2.33. The molecule has 5 nitrogen and oxygen atoms in total. The third-order valence-corrected chi connectivity index (χ3v) is 4.02. The predicted octanol–water partition coefficient (Wildman–Crippen LogP) is 4.05. The Labute approximate surface area is 159 Å². The van der Waals surface area contributed by atoms with Gasteiger partial charge in [0.1, 0.15) is 0 Å². The molecule has 0 heterocycles. The van der Waals surface area contributed by atoms with E-state index in [2.05, 4.69) is 16.0 Å². The molecule has 0 aliphatic carbocycles. The van der Waals surface area contributed by atoms with Crippen LogP contribution in [0, 0.1) is 5.92 Å². The molecule has 0 bridgehead atoms. The zero-order valence-electron chi connectivity index (χ0n) is 15.0. The second kappa shape index (κ2) is 9.82. The summed E-state index contributed by atoms with van der Waals surface area (Å²) in [6.07, 6.45) is 0.492. The van der Waals surface area contributed by atoms with Crippen molar-refractivity contribution in [2.75, 3.05) is 17.2 Å². The minimum Gasteiger partial charge on any atom is -0.376 e. The number of halogens is 1. The van der Waals surface area contributed by atoms with Gasteiger partial charge in [0.2, 0.25) is 11.8 Å². The van der Waals surface area contributed by atoms with Crippen LogP contribution in [0.1, 0.15) is 25.8 Å². The Kier molecular flexibility index (Phi) is 7.48. The van der Waals surface area contributed by atoms with Crippen molar-refractivity contribution in [2.24, 2.45) is 5.92 Å². The van der Waals surface area contributed by atoms with Crippen LogP contribution in [0.3, 0.4) is 0 Å². The van der Waals surface area contributed by atoms with Crippen LogP contribution in [0.5, 0.6) is 0 Å². The van der Waals surface area contributed by atoms with Gasteiger partial charge in [-0.1, -0.05) is 43.6 Å². The third-order valence-electron chi connectivity index (χ3n) is 3.65. The average Bonchev–Trinajstić information content (AvgIpc) is 2.59. The minimum absolute atomic E-state index is 0.000315. The maximum atomic E-state index is 11.9. The van der Waals surface area contributed by atoms with Gasteiger partial charge >= 0.3 is 0 Å². The van der Waals surface area contributed by atoms with E-state index in [-0.39, 0.29) is 18.4 Å². The van der Waals surface area contributed by atoms with Gasteiger partial charge in [0.05, 0.1) is 6.54 Å². The summed E-state index contributed by atoms with van der Waals surface area (Å²) >= 11 is 6.06. The molecule has 6 heteroatoms. The van der Waals surface area contributed by atoms with Crippen LogP contribution in [-0.2, 0) is 16.1 Å². The second-order valence-corrected chi connectivity index (χ2v) is 6.85. The van der Waals surface area contributed by atoms with Crippen molar-refractivity contribution in [1.82, 2.24) is 5.32 Å². The van der Waals surface area contributed by atoms with Gasteiger partial charge in [-0.15, -0.1) is 0 Å². The summed E-state index contributed by atoms with van der Waals surface area (Å²) in [5.74, 6) is 0.194. The molecule has 0 spiro atoms. The van der Waals surface area contributed by atoms with Crippen molar-refractivity contribution in [2.45, 2.75) is 26.8 Å². The van der Waals surface area contributed by atoms with Crippen LogP contribution in [-0.4, -0.2) is 18.4 Å². The lowest BCUT2D eigenvalue weighted by atomic mass is 10.1. The van der Waals surface area contributed by atoms with Crippen molar-refractivity contribution < 1.29 is 9.59 Å². The number of benzene rings is 2. The molecule has 3 N–H and O–H groups in total. The molecule has 0 radical (unpaired) electrons. The van der Waals surface area contributed by atoms with Crippen LogP contribution in [0.25, 0.3) is 0 Å². The van der Waals surface area contributed by atoms with Gasteiger partial charge in [0.25, 0.3) is 0 Å². The number of hydrogen-bond donors (Lipinski definition) is 3. The van der Waals surface area contributed by atoms with Crippen LogP contribution < -0.4 is 16.0 Å². The summed E-state index contributed by atoms with van der Waals surface area (Å²) in [5, 5.41) is 9.36. The molecule has 2 aromatic rings. The van der Waals surface area contributed by atoms with E-state index in [9.17, 15) is 9.59 Å². The number of anilines is 2. The van der Waals surface area contributed by atoms with E-state index in [1.165, 1.54) is 0 Å². The Morgan fingerprint density at radius 1 is 0.962 bits per heavy atom. The van der Waals surface area contributed by atoms with E-state index in [4.69, 9.17) is 11.6 Å². The quantitative estimate of drug-likeness (QED) is 0.653. The van der Waals surface area contributed by atoms with Crippen molar-refractivity contribution in [3.63, 3.8) is 0 Å². The van der Waals surface area contributed by atoms with Crippen molar-refractivity contribution >= 4 is 34.8 Å². The van der Waals surface area contributed by atoms with Crippen molar-refractivity contribution in [1.29, 1.82) is 0 Å². The molecule has 0 atom stereocenters. The van der Waals surface area contributed by atoms with Crippen LogP contribution in [0.15, 0.2) is 48.5 Å². The van der Waals surface area contributed by atoms with Gasteiger partial charge in [-0.3, -0.25) is 9.59 Å². The van der Waals surface area contributed by atoms with Gasteiger partial charge < -0.3 is 16.0 Å². The smallest absolute Gasteiger partial charge is 0.239 e.